The summed E-state index contributed by atoms with van der Waals surface area (Å²) in [5, 5.41) is 0. The van der Waals surface area contributed by atoms with Gasteiger partial charge in [0.1, 0.15) is 5.60 Å². The minimum atomic E-state index is -0.459. The van der Waals surface area contributed by atoms with E-state index in [2.05, 4.69) is 0 Å². The molecular weight excluding hydrogens is 226 g/mol. The fourth-order valence-corrected chi connectivity index (χ4v) is 1.59. The van der Waals surface area contributed by atoms with Gasteiger partial charge < -0.3 is 10.5 Å². The van der Waals surface area contributed by atoms with Gasteiger partial charge in [0.05, 0.1) is 5.56 Å². The van der Waals surface area contributed by atoms with Crippen LogP contribution in [0.4, 0.5) is 0 Å². The number of hydrogen-bond donors (Lipinski definition) is 1. The lowest BCUT2D eigenvalue weighted by molar-refractivity contribution is 0.00694. The van der Waals surface area contributed by atoms with Crippen LogP contribution < -0.4 is 5.73 Å². The van der Waals surface area contributed by atoms with E-state index in [1.807, 2.05) is 45.9 Å². The van der Waals surface area contributed by atoms with E-state index >= 15 is 0 Å². The molecule has 0 heterocycles. The van der Waals surface area contributed by atoms with Crippen LogP contribution in [0.3, 0.4) is 0 Å². The molecule has 0 bridgehead atoms. The van der Waals surface area contributed by atoms with Gasteiger partial charge in [-0.15, -0.1) is 0 Å². The first-order valence-electron chi connectivity index (χ1n) is 6.36. The van der Waals surface area contributed by atoms with Crippen LogP contribution in [0.1, 0.15) is 50.0 Å². The summed E-state index contributed by atoms with van der Waals surface area (Å²) >= 11 is 0. The van der Waals surface area contributed by atoms with Crippen molar-refractivity contribution in [3.05, 3.63) is 35.4 Å². The molecule has 0 aliphatic rings. The number of rotatable bonds is 4. The summed E-state index contributed by atoms with van der Waals surface area (Å²) in [6, 6.07) is 7.74. The van der Waals surface area contributed by atoms with Gasteiger partial charge >= 0.3 is 5.97 Å². The first-order valence-corrected chi connectivity index (χ1v) is 6.36. The van der Waals surface area contributed by atoms with E-state index < -0.39 is 5.60 Å². The average Bonchev–Trinajstić information content (AvgIpc) is 2.24. The normalized spacial score (nSPS) is 13.2. The topological polar surface area (TPSA) is 52.3 Å². The van der Waals surface area contributed by atoms with Crippen molar-refractivity contribution in [2.75, 3.05) is 0 Å². The lowest BCUT2D eigenvalue weighted by atomic mass is 10.0. The molecule has 0 fully saturated rings. The Kier molecular flexibility index (Phi) is 4.91. The molecule has 0 radical (unpaired) electrons. The molecule has 0 unspecified atom stereocenters. The molecule has 0 amide bonds. The van der Waals surface area contributed by atoms with Crippen molar-refractivity contribution in [1.82, 2.24) is 0 Å². The van der Waals surface area contributed by atoms with Gasteiger partial charge in [-0.25, -0.2) is 4.79 Å². The Morgan fingerprint density at radius 2 is 2.06 bits per heavy atom. The zero-order valence-electron chi connectivity index (χ0n) is 11.7. The molecule has 0 aromatic heterocycles. The Morgan fingerprint density at radius 1 is 1.39 bits per heavy atom. The van der Waals surface area contributed by atoms with Gasteiger partial charge in [-0.05, 0) is 58.2 Å². The van der Waals surface area contributed by atoms with Crippen molar-refractivity contribution < 1.29 is 9.53 Å². The first-order chi connectivity index (χ1) is 8.28. The molecule has 18 heavy (non-hydrogen) atoms. The zero-order valence-corrected chi connectivity index (χ0v) is 11.7. The van der Waals surface area contributed by atoms with Gasteiger partial charge in [0.2, 0.25) is 0 Å². The summed E-state index contributed by atoms with van der Waals surface area (Å²) in [4.78, 5) is 11.9. The van der Waals surface area contributed by atoms with Crippen molar-refractivity contribution in [3.8, 4) is 0 Å². The fourth-order valence-electron chi connectivity index (χ4n) is 1.59. The van der Waals surface area contributed by atoms with Gasteiger partial charge in [-0.3, -0.25) is 0 Å². The Hall–Kier alpha value is -1.35. The van der Waals surface area contributed by atoms with Crippen molar-refractivity contribution in [3.63, 3.8) is 0 Å². The summed E-state index contributed by atoms with van der Waals surface area (Å²) in [5.74, 6) is -0.273. The Morgan fingerprint density at radius 3 is 2.61 bits per heavy atom. The van der Waals surface area contributed by atoms with E-state index in [1.54, 1.807) is 6.07 Å². The Bertz CT molecular complexity index is 405. The van der Waals surface area contributed by atoms with Crippen molar-refractivity contribution >= 4 is 5.97 Å². The van der Waals surface area contributed by atoms with Crippen LogP contribution in [0.15, 0.2) is 24.3 Å². The largest absolute Gasteiger partial charge is 0.456 e. The van der Waals surface area contributed by atoms with E-state index in [0.717, 1.165) is 18.4 Å². The minimum absolute atomic E-state index is 0.176. The van der Waals surface area contributed by atoms with E-state index in [0.29, 0.717) is 5.56 Å². The van der Waals surface area contributed by atoms with Crippen LogP contribution >= 0.6 is 0 Å². The molecule has 3 heteroatoms. The highest BCUT2D eigenvalue weighted by atomic mass is 16.6. The average molecular weight is 249 g/mol. The number of benzene rings is 1. The molecule has 0 saturated heterocycles. The van der Waals surface area contributed by atoms with E-state index in [-0.39, 0.29) is 12.0 Å². The molecule has 3 nitrogen and oxygen atoms in total. The van der Waals surface area contributed by atoms with Crippen LogP contribution in [0, 0.1) is 0 Å². The zero-order chi connectivity index (χ0) is 13.8. The van der Waals surface area contributed by atoms with Gasteiger partial charge in [0.25, 0.3) is 0 Å². The van der Waals surface area contributed by atoms with Crippen molar-refractivity contribution in [1.29, 1.82) is 0 Å². The molecule has 1 atom stereocenters. The summed E-state index contributed by atoms with van der Waals surface area (Å²) in [7, 11) is 0. The highest BCUT2D eigenvalue weighted by Crippen LogP contribution is 2.14. The molecule has 0 saturated carbocycles. The number of esters is 1. The molecular formula is C15H23NO2. The number of hydrogen-bond acceptors (Lipinski definition) is 3. The fraction of sp³-hybridized carbons (Fsp3) is 0.533. The minimum Gasteiger partial charge on any atom is -0.456 e. The van der Waals surface area contributed by atoms with Gasteiger partial charge in [-0.1, -0.05) is 12.1 Å². The molecule has 1 aromatic rings. The van der Waals surface area contributed by atoms with Gasteiger partial charge in [-0.2, -0.15) is 0 Å². The van der Waals surface area contributed by atoms with Crippen LogP contribution in [0.25, 0.3) is 0 Å². The number of carbonyl (C=O) groups is 1. The smallest absolute Gasteiger partial charge is 0.338 e. The second-order valence-corrected chi connectivity index (χ2v) is 5.72. The lowest BCUT2D eigenvalue weighted by Gasteiger charge is -2.19. The highest BCUT2D eigenvalue weighted by molar-refractivity contribution is 5.89. The first kappa shape index (κ1) is 14.7. The molecule has 1 rings (SSSR count). The number of ether oxygens (including phenoxy) is 1. The SMILES string of the molecule is C[C@@H](N)CCc1cccc(C(=O)OC(C)(C)C)c1. The van der Waals surface area contributed by atoms with E-state index in [1.165, 1.54) is 0 Å². The molecule has 0 aliphatic carbocycles. The quantitative estimate of drug-likeness (QED) is 0.835. The predicted octanol–water partition coefficient (Wildman–Crippen LogP) is 2.92. The van der Waals surface area contributed by atoms with E-state index in [4.69, 9.17) is 10.5 Å². The summed E-state index contributed by atoms with van der Waals surface area (Å²) in [5.41, 5.74) is 7.00. The molecule has 0 spiro atoms. The molecule has 1 aromatic carbocycles. The number of nitrogens with two attached hydrogens (primary N) is 1. The third-order valence-corrected chi connectivity index (χ3v) is 2.45. The van der Waals surface area contributed by atoms with Crippen LogP contribution in [0.5, 0.6) is 0 Å². The third-order valence-electron chi connectivity index (χ3n) is 2.45. The highest BCUT2D eigenvalue weighted by Gasteiger charge is 2.17. The maximum absolute atomic E-state index is 11.9. The van der Waals surface area contributed by atoms with Gasteiger partial charge in [0.15, 0.2) is 0 Å². The molecule has 0 aliphatic heterocycles. The number of aryl methyl sites for hydroxylation is 1. The Labute approximate surface area is 109 Å². The summed E-state index contributed by atoms with van der Waals surface area (Å²) < 4.78 is 5.34. The second-order valence-electron chi connectivity index (χ2n) is 5.72. The summed E-state index contributed by atoms with van der Waals surface area (Å²) in [6.07, 6.45) is 1.80. The van der Waals surface area contributed by atoms with Crippen molar-refractivity contribution in [2.24, 2.45) is 5.73 Å². The van der Waals surface area contributed by atoms with Gasteiger partial charge in [0, 0.05) is 6.04 Å². The molecule has 2 N–H and O–H groups in total. The summed E-state index contributed by atoms with van der Waals surface area (Å²) in [6.45, 7) is 7.58. The van der Waals surface area contributed by atoms with Crippen LogP contribution in [-0.4, -0.2) is 17.6 Å². The lowest BCUT2D eigenvalue weighted by Crippen LogP contribution is -2.24. The van der Waals surface area contributed by atoms with Crippen molar-refractivity contribution in [2.45, 2.75) is 52.2 Å². The maximum Gasteiger partial charge on any atom is 0.338 e. The Balaban J connectivity index is 2.72. The number of carbonyl (C=O) groups excluding carboxylic acids is 1. The predicted molar refractivity (Wildman–Crippen MR) is 73.6 cm³/mol. The molecule has 100 valence electrons. The van der Waals surface area contributed by atoms with Crippen LogP contribution in [0.2, 0.25) is 0 Å². The third kappa shape index (κ3) is 5.32. The standard InChI is InChI=1S/C15H23NO2/c1-11(16)8-9-12-6-5-7-13(10-12)14(17)18-15(2,3)4/h5-7,10-11H,8-9,16H2,1-4H3/t11-/m1/s1. The maximum atomic E-state index is 11.9. The van der Waals surface area contributed by atoms with E-state index in [9.17, 15) is 4.79 Å². The second kappa shape index (κ2) is 6.01. The van der Waals surface area contributed by atoms with Crippen LogP contribution in [-0.2, 0) is 11.2 Å². The monoisotopic (exact) mass is 249 g/mol.